The van der Waals surface area contributed by atoms with E-state index < -0.39 is 0 Å². The number of carbonyl (C=O) groups is 1. The molecule has 86 valence electrons. The third-order valence-corrected chi connectivity index (χ3v) is 3.37. The summed E-state index contributed by atoms with van der Waals surface area (Å²) < 4.78 is 0.705. The lowest BCUT2D eigenvalue weighted by atomic mass is 10.0. The molecule has 2 nitrogen and oxygen atoms in total. The van der Waals surface area contributed by atoms with E-state index in [1.54, 1.807) is 42.5 Å². The predicted molar refractivity (Wildman–Crippen MR) is 73.4 cm³/mol. The topological polar surface area (TPSA) is 43.1 Å². The van der Waals surface area contributed by atoms with Crippen LogP contribution in [0.15, 0.2) is 46.9 Å². The number of anilines is 1. The Morgan fingerprint density at radius 2 is 1.82 bits per heavy atom. The zero-order chi connectivity index (χ0) is 12.4. The molecule has 4 heteroatoms. The molecule has 0 unspecified atom stereocenters. The molecule has 2 rings (SSSR count). The fourth-order valence-corrected chi connectivity index (χ4v) is 2.16. The summed E-state index contributed by atoms with van der Waals surface area (Å²) in [6.07, 6.45) is 0. The van der Waals surface area contributed by atoms with E-state index in [2.05, 4.69) is 15.9 Å². The molecule has 0 aliphatic rings. The van der Waals surface area contributed by atoms with Crippen molar-refractivity contribution < 1.29 is 4.79 Å². The molecule has 0 radical (unpaired) electrons. The van der Waals surface area contributed by atoms with E-state index in [0.29, 0.717) is 26.3 Å². The first-order chi connectivity index (χ1) is 8.09. The van der Waals surface area contributed by atoms with Gasteiger partial charge in [-0.2, -0.15) is 0 Å². The number of hydrogen-bond donors (Lipinski definition) is 1. The largest absolute Gasteiger partial charge is 0.399 e. The SMILES string of the molecule is Nc1ccc(Br)c(C(=O)c2ccccc2Cl)c1. The summed E-state index contributed by atoms with van der Waals surface area (Å²) in [5.74, 6) is -0.144. The van der Waals surface area contributed by atoms with E-state index in [1.165, 1.54) is 0 Å². The van der Waals surface area contributed by atoms with Crippen molar-refractivity contribution in [3.05, 3.63) is 63.1 Å². The lowest BCUT2D eigenvalue weighted by Gasteiger charge is -2.06. The van der Waals surface area contributed by atoms with Gasteiger partial charge in [-0.05, 0) is 30.3 Å². The maximum absolute atomic E-state index is 12.3. The molecule has 0 aliphatic carbocycles. The highest BCUT2D eigenvalue weighted by atomic mass is 79.9. The molecule has 0 atom stereocenters. The highest BCUT2D eigenvalue weighted by molar-refractivity contribution is 9.10. The zero-order valence-electron chi connectivity index (χ0n) is 8.78. The molecule has 0 saturated carbocycles. The van der Waals surface area contributed by atoms with Crippen molar-refractivity contribution in [3.8, 4) is 0 Å². The van der Waals surface area contributed by atoms with Gasteiger partial charge in [0.05, 0.1) is 5.02 Å². The van der Waals surface area contributed by atoms with Gasteiger partial charge in [0.1, 0.15) is 0 Å². The van der Waals surface area contributed by atoms with Crippen LogP contribution in [0.1, 0.15) is 15.9 Å². The Bertz CT molecular complexity index is 583. The average molecular weight is 311 g/mol. The molecule has 0 spiro atoms. The van der Waals surface area contributed by atoms with Crippen LogP contribution in [0.5, 0.6) is 0 Å². The Kier molecular flexibility index (Phi) is 3.50. The molecule has 2 N–H and O–H groups in total. The van der Waals surface area contributed by atoms with Crippen molar-refractivity contribution in [2.75, 3.05) is 5.73 Å². The monoisotopic (exact) mass is 309 g/mol. The minimum absolute atomic E-state index is 0.144. The quantitative estimate of drug-likeness (QED) is 0.675. The molecule has 0 heterocycles. The first-order valence-corrected chi connectivity index (χ1v) is 6.11. The average Bonchev–Trinajstić information content (AvgIpc) is 2.32. The second kappa shape index (κ2) is 4.90. The van der Waals surface area contributed by atoms with Crippen LogP contribution in [0, 0.1) is 0 Å². The summed E-state index contributed by atoms with van der Waals surface area (Å²) >= 11 is 9.33. The Morgan fingerprint density at radius 1 is 1.12 bits per heavy atom. The Morgan fingerprint density at radius 3 is 2.53 bits per heavy atom. The van der Waals surface area contributed by atoms with E-state index in [1.807, 2.05) is 0 Å². The molecule has 0 bridgehead atoms. The van der Waals surface area contributed by atoms with Gasteiger partial charge in [0, 0.05) is 21.3 Å². The number of benzene rings is 2. The predicted octanol–water partition coefficient (Wildman–Crippen LogP) is 3.92. The second-order valence-electron chi connectivity index (χ2n) is 3.55. The number of halogens is 2. The van der Waals surface area contributed by atoms with Crippen LogP contribution in [0.25, 0.3) is 0 Å². The third-order valence-electron chi connectivity index (χ3n) is 2.35. The highest BCUT2D eigenvalue weighted by Crippen LogP contribution is 2.25. The fraction of sp³-hybridized carbons (Fsp3) is 0. The number of carbonyl (C=O) groups excluding carboxylic acids is 1. The molecule has 0 saturated heterocycles. The van der Waals surface area contributed by atoms with Gasteiger partial charge in [0.2, 0.25) is 0 Å². The molecule has 0 amide bonds. The second-order valence-corrected chi connectivity index (χ2v) is 4.81. The number of nitrogens with two attached hydrogens (primary N) is 1. The van der Waals surface area contributed by atoms with Crippen LogP contribution in [0.4, 0.5) is 5.69 Å². The van der Waals surface area contributed by atoms with Crippen molar-refractivity contribution in [1.82, 2.24) is 0 Å². The maximum Gasteiger partial charge on any atom is 0.195 e. The van der Waals surface area contributed by atoms with Crippen molar-refractivity contribution in [1.29, 1.82) is 0 Å². The first kappa shape index (κ1) is 12.1. The van der Waals surface area contributed by atoms with E-state index in [-0.39, 0.29) is 5.78 Å². The van der Waals surface area contributed by atoms with Crippen LogP contribution >= 0.6 is 27.5 Å². The molecule has 0 fully saturated rings. The Balaban J connectivity index is 2.51. The van der Waals surface area contributed by atoms with E-state index in [4.69, 9.17) is 17.3 Å². The lowest BCUT2D eigenvalue weighted by molar-refractivity contribution is 0.103. The number of nitrogen functional groups attached to an aromatic ring is 1. The molecule has 2 aromatic carbocycles. The minimum atomic E-state index is -0.144. The maximum atomic E-state index is 12.3. The smallest absolute Gasteiger partial charge is 0.195 e. The third kappa shape index (κ3) is 2.51. The van der Waals surface area contributed by atoms with Gasteiger partial charge in [0.25, 0.3) is 0 Å². The summed E-state index contributed by atoms with van der Waals surface area (Å²) in [4.78, 5) is 12.3. The molecule has 17 heavy (non-hydrogen) atoms. The van der Waals surface area contributed by atoms with Crippen molar-refractivity contribution in [3.63, 3.8) is 0 Å². The summed E-state index contributed by atoms with van der Waals surface area (Å²) in [6, 6.07) is 12.1. The van der Waals surface area contributed by atoms with Crippen LogP contribution in [0.3, 0.4) is 0 Å². The normalized spacial score (nSPS) is 10.2. The van der Waals surface area contributed by atoms with Crippen LogP contribution in [0.2, 0.25) is 5.02 Å². The van der Waals surface area contributed by atoms with Gasteiger partial charge in [0.15, 0.2) is 5.78 Å². The fourth-order valence-electron chi connectivity index (χ4n) is 1.51. The standard InChI is InChI=1S/C13H9BrClNO/c14-11-6-5-8(16)7-10(11)13(17)9-3-1-2-4-12(9)15/h1-7H,16H2. The number of hydrogen-bond acceptors (Lipinski definition) is 2. The molecular weight excluding hydrogens is 302 g/mol. The van der Waals surface area contributed by atoms with Crippen LogP contribution in [-0.4, -0.2) is 5.78 Å². The van der Waals surface area contributed by atoms with Gasteiger partial charge < -0.3 is 5.73 Å². The Labute approximate surface area is 113 Å². The Hall–Kier alpha value is -1.32. The van der Waals surface area contributed by atoms with Gasteiger partial charge in [-0.15, -0.1) is 0 Å². The summed E-state index contributed by atoms with van der Waals surface area (Å²) in [6.45, 7) is 0. The minimum Gasteiger partial charge on any atom is -0.399 e. The molecule has 2 aromatic rings. The molecule has 0 aliphatic heterocycles. The number of ketones is 1. The van der Waals surface area contributed by atoms with Gasteiger partial charge in [-0.3, -0.25) is 4.79 Å². The van der Waals surface area contributed by atoms with E-state index in [9.17, 15) is 4.79 Å². The summed E-state index contributed by atoms with van der Waals surface area (Å²) in [5.41, 5.74) is 7.21. The van der Waals surface area contributed by atoms with E-state index in [0.717, 1.165) is 0 Å². The summed E-state index contributed by atoms with van der Waals surface area (Å²) in [5, 5.41) is 0.437. The van der Waals surface area contributed by atoms with E-state index >= 15 is 0 Å². The number of rotatable bonds is 2. The van der Waals surface area contributed by atoms with Crippen molar-refractivity contribution in [2.24, 2.45) is 0 Å². The van der Waals surface area contributed by atoms with Crippen LogP contribution in [-0.2, 0) is 0 Å². The van der Waals surface area contributed by atoms with Crippen molar-refractivity contribution >= 4 is 39.0 Å². The van der Waals surface area contributed by atoms with Crippen LogP contribution < -0.4 is 5.73 Å². The van der Waals surface area contributed by atoms with Gasteiger partial charge in [-0.1, -0.05) is 39.7 Å². The first-order valence-electron chi connectivity index (χ1n) is 4.94. The molecular formula is C13H9BrClNO. The molecule has 0 aromatic heterocycles. The van der Waals surface area contributed by atoms with Gasteiger partial charge >= 0.3 is 0 Å². The lowest BCUT2D eigenvalue weighted by Crippen LogP contribution is -2.04. The zero-order valence-corrected chi connectivity index (χ0v) is 11.1. The summed E-state index contributed by atoms with van der Waals surface area (Å²) in [7, 11) is 0. The van der Waals surface area contributed by atoms with Gasteiger partial charge in [-0.25, -0.2) is 0 Å². The highest BCUT2D eigenvalue weighted by Gasteiger charge is 2.15. The van der Waals surface area contributed by atoms with Crippen molar-refractivity contribution in [2.45, 2.75) is 0 Å².